The highest BCUT2D eigenvalue weighted by Crippen LogP contribution is 2.31. The summed E-state index contributed by atoms with van der Waals surface area (Å²) in [6, 6.07) is 13.4. The van der Waals surface area contributed by atoms with Gasteiger partial charge in [-0.05, 0) is 48.5 Å². The van der Waals surface area contributed by atoms with E-state index in [2.05, 4.69) is 14.8 Å². The molecule has 2 aromatic carbocycles. The van der Waals surface area contributed by atoms with Crippen molar-refractivity contribution in [1.29, 1.82) is 0 Å². The van der Waals surface area contributed by atoms with Gasteiger partial charge in [-0.25, -0.2) is 4.79 Å². The Morgan fingerprint density at radius 1 is 1.00 bits per heavy atom. The first-order valence-electron chi connectivity index (χ1n) is 9.23. The van der Waals surface area contributed by atoms with Crippen molar-refractivity contribution in [3.63, 3.8) is 0 Å². The van der Waals surface area contributed by atoms with Crippen molar-refractivity contribution in [3.05, 3.63) is 71.7 Å². The van der Waals surface area contributed by atoms with E-state index < -0.39 is 18.5 Å². The predicted octanol–water partition coefficient (Wildman–Crippen LogP) is 4.51. The summed E-state index contributed by atoms with van der Waals surface area (Å²) in [5.74, 6) is -0.206. The lowest BCUT2D eigenvalue weighted by Gasteiger charge is -2.11. The Balaban J connectivity index is 1.59. The second-order valence-corrected chi connectivity index (χ2v) is 6.27. The molecule has 32 heavy (non-hydrogen) atoms. The summed E-state index contributed by atoms with van der Waals surface area (Å²) in [5.41, 5.74) is 0.690. The smallest absolute Gasteiger partial charge is 0.387 e. The molecule has 0 unspecified atom stereocenters. The van der Waals surface area contributed by atoms with Crippen molar-refractivity contribution in [2.24, 2.45) is 0 Å². The second kappa shape index (κ2) is 10.3. The van der Waals surface area contributed by atoms with E-state index in [4.69, 9.17) is 13.9 Å². The molecule has 0 radical (unpaired) electrons. The number of rotatable bonds is 9. The lowest BCUT2D eigenvalue weighted by atomic mass is 10.2. The molecular weight excluding hydrogens is 428 g/mol. The van der Waals surface area contributed by atoms with Gasteiger partial charge in [-0.1, -0.05) is 0 Å². The van der Waals surface area contributed by atoms with Gasteiger partial charge in [0.25, 0.3) is 5.91 Å². The molecule has 0 spiro atoms. The summed E-state index contributed by atoms with van der Waals surface area (Å²) >= 11 is 0. The molecule has 0 aliphatic carbocycles. The minimum absolute atomic E-state index is 0.0245. The van der Waals surface area contributed by atoms with Crippen LogP contribution < -0.4 is 19.5 Å². The van der Waals surface area contributed by atoms with Crippen molar-refractivity contribution in [2.45, 2.75) is 13.2 Å². The number of alkyl halides is 2. The topological polar surface area (TPSA) is 96.2 Å². The largest absolute Gasteiger partial charge is 0.493 e. The molecule has 3 rings (SSSR count). The van der Waals surface area contributed by atoms with Crippen LogP contribution in [0.25, 0.3) is 0 Å². The van der Waals surface area contributed by atoms with Crippen molar-refractivity contribution >= 4 is 17.6 Å². The van der Waals surface area contributed by atoms with E-state index in [0.717, 1.165) is 0 Å². The quantitative estimate of drug-likeness (QED) is 0.482. The van der Waals surface area contributed by atoms with Crippen molar-refractivity contribution < 1.29 is 41.7 Å². The molecule has 0 bridgehead atoms. The van der Waals surface area contributed by atoms with Gasteiger partial charge in [0.2, 0.25) is 0 Å². The van der Waals surface area contributed by atoms with Crippen LogP contribution in [0.2, 0.25) is 0 Å². The van der Waals surface area contributed by atoms with Crippen LogP contribution >= 0.6 is 0 Å². The number of hydrogen-bond donors (Lipinski definition) is 1. The molecule has 1 aromatic heterocycles. The average Bonchev–Trinajstić information content (AvgIpc) is 3.27. The van der Waals surface area contributed by atoms with Crippen LogP contribution in [0.15, 0.2) is 59.0 Å². The maximum absolute atomic E-state index is 12.4. The minimum atomic E-state index is -3.00. The van der Waals surface area contributed by atoms with Crippen molar-refractivity contribution in [1.82, 2.24) is 0 Å². The molecule has 10 heteroatoms. The van der Waals surface area contributed by atoms with Gasteiger partial charge >= 0.3 is 12.6 Å². The standard InChI is InChI=1S/C22H19F2NO7/c1-28-19-11-14(5-9-17(19)32-22(23)24)25-20(26)18-10-8-16(31-18)12-30-15-6-3-13(4-7-15)21(27)29-2/h3-11,22H,12H2,1-2H3,(H,25,26). The summed E-state index contributed by atoms with van der Waals surface area (Å²) in [6.07, 6.45) is 0. The van der Waals surface area contributed by atoms with E-state index in [1.54, 1.807) is 30.3 Å². The first kappa shape index (κ1) is 22.6. The molecule has 0 saturated carbocycles. The van der Waals surface area contributed by atoms with Gasteiger partial charge < -0.3 is 28.7 Å². The van der Waals surface area contributed by atoms with Gasteiger partial charge in [0, 0.05) is 11.8 Å². The number of ether oxygens (including phenoxy) is 4. The molecule has 168 valence electrons. The van der Waals surface area contributed by atoms with E-state index in [1.165, 1.54) is 38.5 Å². The Kier molecular flexibility index (Phi) is 7.27. The number of methoxy groups -OCH3 is 2. The third kappa shape index (κ3) is 5.75. The third-order valence-electron chi connectivity index (χ3n) is 4.18. The van der Waals surface area contributed by atoms with Gasteiger partial charge in [-0.2, -0.15) is 8.78 Å². The molecule has 0 fully saturated rings. The SMILES string of the molecule is COC(=O)c1ccc(OCc2ccc(C(=O)Nc3ccc(OC(F)F)c(OC)c3)o2)cc1. The summed E-state index contributed by atoms with van der Waals surface area (Å²) in [6.45, 7) is -2.95. The fourth-order valence-electron chi connectivity index (χ4n) is 2.67. The van der Waals surface area contributed by atoms with Crippen molar-refractivity contribution in [2.75, 3.05) is 19.5 Å². The molecule has 8 nitrogen and oxygen atoms in total. The average molecular weight is 447 g/mol. The van der Waals surface area contributed by atoms with E-state index in [0.29, 0.717) is 22.8 Å². The van der Waals surface area contributed by atoms with Crippen LogP contribution in [-0.4, -0.2) is 32.7 Å². The van der Waals surface area contributed by atoms with Gasteiger partial charge in [-0.3, -0.25) is 4.79 Å². The Hall–Kier alpha value is -4.08. The van der Waals surface area contributed by atoms with Crippen LogP contribution in [-0.2, 0) is 11.3 Å². The number of carbonyl (C=O) groups excluding carboxylic acids is 2. The summed E-state index contributed by atoms with van der Waals surface area (Å²) in [5, 5.41) is 2.58. The fraction of sp³-hybridized carbons (Fsp3) is 0.182. The van der Waals surface area contributed by atoms with Gasteiger partial charge in [-0.15, -0.1) is 0 Å². The van der Waals surface area contributed by atoms with Crippen LogP contribution in [0, 0.1) is 0 Å². The number of esters is 1. The molecule has 1 amide bonds. The Labute approximate surface area is 181 Å². The molecule has 0 saturated heterocycles. The van der Waals surface area contributed by atoms with E-state index in [1.807, 2.05) is 0 Å². The number of amides is 1. The van der Waals surface area contributed by atoms with Crippen LogP contribution in [0.1, 0.15) is 26.7 Å². The minimum Gasteiger partial charge on any atom is -0.493 e. The molecule has 0 aliphatic heterocycles. The molecule has 3 aromatic rings. The number of hydrogen-bond acceptors (Lipinski definition) is 7. The highest BCUT2D eigenvalue weighted by molar-refractivity contribution is 6.02. The van der Waals surface area contributed by atoms with Crippen LogP contribution in [0.5, 0.6) is 17.2 Å². The Bertz CT molecular complexity index is 1080. The first-order valence-corrected chi connectivity index (χ1v) is 9.23. The third-order valence-corrected chi connectivity index (χ3v) is 4.18. The summed E-state index contributed by atoms with van der Waals surface area (Å²) in [7, 11) is 2.59. The van der Waals surface area contributed by atoms with Crippen LogP contribution in [0.4, 0.5) is 14.5 Å². The normalized spacial score (nSPS) is 10.5. The maximum atomic E-state index is 12.4. The highest BCUT2D eigenvalue weighted by atomic mass is 19.3. The fourth-order valence-corrected chi connectivity index (χ4v) is 2.67. The number of halogens is 2. The number of carbonyl (C=O) groups is 2. The van der Waals surface area contributed by atoms with Gasteiger partial charge in [0.15, 0.2) is 17.3 Å². The Morgan fingerprint density at radius 2 is 1.75 bits per heavy atom. The number of nitrogens with one attached hydrogen (secondary N) is 1. The second-order valence-electron chi connectivity index (χ2n) is 6.27. The molecular formula is C22H19F2NO7. The first-order chi connectivity index (χ1) is 15.4. The Morgan fingerprint density at radius 3 is 2.41 bits per heavy atom. The number of benzene rings is 2. The van der Waals surface area contributed by atoms with Gasteiger partial charge in [0.05, 0.1) is 19.8 Å². The van der Waals surface area contributed by atoms with E-state index >= 15 is 0 Å². The lowest BCUT2D eigenvalue weighted by molar-refractivity contribution is -0.0512. The summed E-state index contributed by atoms with van der Waals surface area (Å²) in [4.78, 5) is 23.8. The number of furan rings is 1. The highest BCUT2D eigenvalue weighted by Gasteiger charge is 2.15. The summed E-state index contributed by atoms with van der Waals surface area (Å²) < 4.78 is 49.9. The lowest BCUT2D eigenvalue weighted by Crippen LogP contribution is -2.11. The molecule has 0 atom stereocenters. The number of anilines is 1. The van der Waals surface area contributed by atoms with Gasteiger partial charge in [0.1, 0.15) is 18.1 Å². The van der Waals surface area contributed by atoms with E-state index in [9.17, 15) is 18.4 Å². The monoisotopic (exact) mass is 447 g/mol. The molecule has 1 N–H and O–H groups in total. The zero-order valence-corrected chi connectivity index (χ0v) is 17.1. The van der Waals surface area contributed by atoms with Crippen molar-refractivity contribution in [3.8, 4) is 17.2 Å². The maximum Gasteiger partial charge on any atom is 0.387 e. The zero-order chi connectivity index (χ0) is 23.1. The molecule has 0 aliphatic rings. The predicted molar refractivity (Wildman–Crippen MR) is 108 cm³/mol. The van der Waals surface area contributed by atoms with Crippen LogP contribution in [0.3, 0.4) is 0 Å². The van der Waals surface area contributed by atoms with E-state index in [-0.39, 0.29) is 23.9 Å². The zero-order valence-electron chi connectivity index (χ0n) is 17.1. The molecule has 1 heterocycles.